The van der Waals surface area contributed by atoms with Gasteiger partial charge in [0.15, 0.2) is 23.2 Å². The van der Waals surface area contributed by atoms with Gasteiger partial charge in [-0.25, -0.2) is 32.4 Å². The number of nitrogens with one attached hydrogen (secondary N) is 1. The zero-order valence-corrected chi connectivity index (χ0v) is 30.3. The van der Waals surface area contributed by atoms with Crippen LogP contribution < -0.4 is 11.2 Å². The number of halogens is 1. The van der Waals surface area contributed by atoms with E-state index in [1.165, 1.54) is 27.3 Å². The molecular weight excluding hydrogens is 742 g/mol. The molecule has 2 aliphatic heterocycles. The number of hydrogen-bond acceptors (Lipinski definition) is 19. The minimum Gasteiger partial charge on any atom is -0.432 e. The molecule has 5 rings (SSSR count). The molecule has 2 aliphatic carbocycles. The Morgan fingerprint density at radius 2 is 1.45 bits per heavy atom. The maximum Gasteiger partial charge on any atom is 0.510 e. The standard InChI is InChI=1S/C30H44FN2O19P/c1-27-23(33-9-6-21(34)32-24(33)35)49-29(18-31)22(30(27,29)52-28(51-27)7-4-5-8-28)50-53(38,47-19-45-25(36)43-16-14-41-12-10-39-2)48-20-46-26(37)44-17-15-42-13-11-40-3/h6,9,22-23H,4-5,7-8,10-20H2,1-3H3,(H,32,34,35)/t22?,23-,27+,29-,30+/m1/s1. The Bertz CT molecular complexity index is 1530. The summed E-state index contributed by atoms with van der Waals surface area (Å²) in [6.45, 7) is -1.06. The van der Waals surface area contributed by atoms with Crippen LogP contribution >= 0.6 is 7.82 Å². The molecule has 1 N–H and O–H groups in total. The van der Waals surface area contributed by atoms with E-state index in [4.69, 9.17) is 65.7 Å². The number of ether oxygens (including phenoxy) is 11. The summed E-state index contributed by atoms with van der Waals surface area (Å²) in [5.41, 5.74) is -7.13. The molecule has 0 aromatic carbocycles. The summed E-state index contributed by atoms with van der Waals surface area (Å²) in [6.07, 6.45) is -2.03. The molecule has 0 amide bonds. The molecule has 1 unspecified atom stereocenters. The molecular formula is C30H44FN2O19P. The van der Waals surface area contributed by atoms with Crippen LogP contribution in [0.3, 0.4) is 0 Å². The molecule has 5 atom stereocenters. The van der Waals surface area contributed by atoms with Gasteiger partial charge < -0.3 is 52.1 Å². The molecule has 1 aromatic rings. The van der Waals surface area contributed by atoms with E-state index in [1.54, 1.807) is 0 Å². The Hall–Kier alpha value is -3.02. The van der Waals surface area contributed by atoms with E-state index in [1.807, 2.05) is 0 Å². The number of alkyl halides is 1. The van der Waals surface area contributed by atoms with Gasteiger partial charge in [-0.05, 0) is 19.8 Å². The number of carbonyl (C=O) groups excluding carboxylic acids is 2. The van der Waals surface area contributed by atoms with Gasteiger partial charge in [-0.2, -0.15) is 0 Å². The van der Waals surface area contributed by atoms with E-state index < -0.39 is 86.6 Å². The van der Waals surface area contributed by atoms with Crippen molar-refractivity contribution in [2.45, 2.75) is 67.5 Å². The fraction of sp³-hybridized carbons (Fsp3) is 0.800. The summed E-state index contributed by atoms with van der Waals surface area (Å²) in [6, 6.07) is 1.08. The smallest absolute Gasteiger partial charge is 0.432 e. The zero-order valence-electron chi connectivity index (χ0n) is 29.4. The lowest BCUT2D eigenvalue weighted by Gasteiger charge is -2.34. The van der Waals surface area contributed by atoms with Crippen LogP contribution in [0.5, 0.6) is 0 Å². The monoisotopic (exact) mass is 786 g/mol. The lowest BCUT2D eigenvalue weighted by atomic mass is 9.94. The second-order valence-corrected chi connectivity index (χ2v) is 13.9. The maximum absolute atomic E-state index is 15.4. The summed E-state index contributed by atoms with van der Waals surface area (Å²) < 4.78 is 105. The highest BCUT2D eigenvalue weighted by Gasteiger charge is 2.99. The number of H-pyrrole nitrogens is 1. The Morgan fingerprint density at radius 1 is 0.887 bits per heavy atom. The molecule has 23 heteroatoms. The van der Waals surface area contributed by atoms with Crippen molar-refractivity contribution < 1.29 is 84.2 Å². The van der Waals surface area contributed by atoms with Gasteiger partial charge in [0.05, 0.1) is 39.6 Å². The van der Waals surface area contributed by atoms with E-state index >= 15 is 4.39 Å². The quantitative estimate of drug-likeness (QED) is 0.0762. The van der Waals surface area contributed by atoms with Crippen molar-refractivity contribution in [3.63, 3.8) is 0 Å². The number of methoxy groups -OCH3 is 2. The average molecular weight is 787 g/mol. The Morgan fingerprint density at radius 3 is 1.98 bits per heavy atom. The molecule has 3 heterocycles. The molecule has 2 spiro atoms. The normalized spacial score (nSPS) is 28.1. The van der Waals surface area contributed by atoms with Crippen LogP contribution in [-0.2, 0) is 70.2 Å². The van der Waals surface area contributed by atoms with Crippen LogP contribution in [0, 0.1) is 0 Å². The van der Waals surface area contributed by atoms with Crippen LogP contribution in [-0.4, -0.2) is 138 Å². The number of hydrogen-bond donors (Lipinski definition) is 1. The van der Waals surface area contributed by atoms with E-state index in [0.29, 0.717) is 38.9 Å². The van der Waals surface area contributed by atoms with Crippen molar-refractivity contribution in [2.75, 3.05) is 87.3 Å². The number of aromatic nitrogens is 2. The van der Waals surface area contributed by atoms with Crippen molar-refractivity contribution in [3.05, 3.63) is 33.1 Å². The van der Waals surface area contributed by atoms with E-state index in [-0.39, 0.29) is 39.6 Å². The number of carbonyl (C=O) groups is 2. The third-order valence-corrected chi connectivity index (χ3v) is 10.4. The highest BCUT2D eigenvalue weighted by atomic mass is 31.2. The lowest BCUT2D eigenvalue weighted by Crippen LogP contribution is -2.49. The van der Waals surface area contributed by atoms with Gasteiger partial charge in [-0.1, -0.05) is 0 Å². The molecule has 4 aliphatic rings. The Balaban J connectivity index is 1.30. The second kappa shape index (κ2) is 17.6. The molecule has 2 saturated carbocycles. The maximum atomic E-state index is 15.4. The number of rotatable bonds is 22. The van der Waals surface area contributed by atoms with Gasteiger partial charge in [0, 0.05) is 39.3 Å². The van der Waals surface area contributed by atoms with Gasteiger partial charge >= 0.3 is 25.8 Å². The topological polar surface area (TPSA) is 235 Å². The summed E-state index contributed by atoms with van der Waals surface area (Å²) in [4.78, 5) is 51.1. The number of phosphoric ester groups is 1. The highest BCUT2D eigenvalue weighted by Crippen LogP contribution is 2.79. The van der Waals surface area contributed by atoms with Crippen LogP contribution in [0.1, 0.15) is 38.8 Å². The molecule has 300 valence electrons. The van der Waals surface area contributed by atoms with Gasteiger partial charge in [-0.15, -0.1) is 0 Å². The van der Waals surface area contributed by atoms with Crippen molar-refractivity contribution >= 4 is 20.1 Å². The SMILES string of the molecule is COCCOCCOC(=O)OCOP(=O)(OCOC(=O)OCCOCCOC)OC1[C@]23OC4(CCCC4)O[C@@]2(C)[C@H](n2ccc(=O)[nH]c2=O)O[C@]13CF. The fourth-order valence-corrected chi connectivity index (χ4v) is 7.83. The van der Waals surface area contributed by atoms with Crippen LogP contribution in [0.15, 0.2) is 21.9 Å². The molecule has 0 bridgehead atoms. The van der Waals surface area contributed by atoms with Gasteiger partial charge in [0.1, 0.15) is 31.6 Å². The first kappa shape index (κ1) is 41.1. The molecule has 4 fully saturated rings. The van der Waals surface area contributed by atoms with E-state index in [0.717, 1.165) is 10.6 Å². The lowest BCUT2D eigenvalue weighted by molar-refractivity contribution is -0.234. The molecule has 1 aromatic heterocycles. The minimum absolute atomic E-state index is 0.0281. The summed E-state index contributed by atoms with van der Waals surface area (Å²) >= 11 is 0. The third-order valence-electron chi connectivity index (χ3n) is 9.05. The predicted molar refractivity (Wildman–Crippen MR) is 169 cm³/mol. The molecule has 21 nitrogen and oxygen atoms in total. The van der Waals surface area contributed by atoms with E-state index in [2.05, 4.69) is 4.98 Å². The fourth-order valence-electron chi connectivity index (χ4n) is 6.70. The van der Waals surface area contributed by atoms with Crippen molar-refractivity contribution in [1.29, 1.82) is 0 Å². The van der Waals surface area contributed by atoms with Crippen LogP contribution in [0.4, 0.5) is 14.0 Å². The predicted octanol–water partition coefficient (Wildman–Crippen LogP) is 1.68. The van der Waals surface area contributed by atoms with Crippen molar-refractivity contribution in [1.82, 2.24) is 9.55 Å². The summed E-state index contributed by atoms with van der Waals surface area (Å²) in [5, 5.41) is 0. The first-order valence-electron chi connectivity index (χ1n) is 16.7. The largest absolute Gasteiger partial charge is 0.510 e. The number of aromatic amines is 1. The zero-order chi connectivity index (χ0) is 38.2. The molecule has 2 saturated heterocycles. The van der Waals surface area contributed by atoms with Gasteiger partial charge in [0.2, 0.25) is 13.6 Å². The molecule has 53 heavy (non-hydrogen) atoms. The Kier molecular flexibility index (Phi) is 13.7. The first-order chi connectivity index (χ1) is 25.4. The van der Waals surface area contributed by atoms with Crippen molar-refractivity contribution in [3.8, 4) is 0 Å². The number of phosphoric acid groups is 1. The first-order valence-corrected chi connectivity index (χ1v) is 18.2. The average Bonchev–Trinajstić information content (AvgIpc) is 3.42. The van der Waals surface area contributed by atoms with Gasteiger partial charge in [-0.3, -0.25) is 18.9 Å². The van der Waals surface area contributed by atoms with Crippen LogP contribution in [0.25, 0.3) is 0 Å². The van der Waals surface area contributed by atoms with Crippen LogP contribution in [0.2, 0.25) is 0 Å². The summed E-state index contributed by atoms with van der Waals surface area (Å²) in [5.74, 6) is -1.24. The second-order valence-electron chi connectivity index (χ2n) is 12.3. The Labute approximate surface area is 301 Å². The summed E-state index contributed by atoms with van der Waals surface area (Å²) in [7, 11) is -2.01. The minimum atomic E-state index is -5.00. The molecule has 0 radical (unpaired) electrons. The van der Waals surface area contributed by atoms with E-state index in [9.17, 15) is 23.7 Å². The van der Waals surface area contributed by atoms with Gasteiger partial charge in [0.25, 0.3) is 5.56 Å². The highest BCUT2D eigenvalue weighted by molar-refractivity contribution is 7.48. The number of nitrogens with zero attached hydrogens (tertiary/aromatic N) is 1. The third kappa shape index (κ3) is 8.62. The van der Waals surface area contributed by atoms with Crippen molar-refractivity contribution in [2.24, 2.45) is 0 Å².